The first-order valence-electron chi connectivity index (χ1n) is 13.6. The zero-order valence-electron chi connectivity index (χ0n) is 23.1. The van der Waals surface area contributed by atoms with Crippen molar-refractivity contribution >= 4 is 22.4 Å². The lowest BCUT2D eigenvalue weighted by Gasteiger charge is -2.31. The lowest BCUT2D eigenvalue weighted by atomic mass is 10.00. The predicted octanol–water partition coefficient (Wildman–Crippen LogP) is 2.91. The third-order valence-electron chi connectivity index (χ3n) is 7.20. The largest absolute Gasteiger partial charge is 0.443 e. The van der Waals surface area contributed by atoms with Crippen molar-refractivity contribution in [3.8, 4) is 0 Å². The van der Waals surface area contributed by atoms with E-state index >= 15 is 0 Å². The average Bonchev–Trinajstić information content (AvgIpc) is 3.53. The number of aliphatic hydroxyl groups excluding tert-OH is 1. The molecule has 0 saturated carbocycles. The molecule has 2 aliphatic rings. The second-order valence-electron chi connectivity index (χ2n) is 10.9. The number of hydrogen-bond acceptors (Lipinski definition) is 8. The van der Waals surface area contributed by atoms with Crippen LogP contribution in [0.1, 0.15) is 41.8 Å². The molecular weight excluding hydrogens is 536 g/mol. The van der Waals surface area contributed by atoms with Gasteiger partial charge in [-0.3, -0.25) is 4.79 Å². The Hall–Kier alpha value is -2.83. The molecule has 1 amide bonds. The maximum Gasteiger partial charge on any atom is 0.407 e. The van der Waals surface area contributed by atoms with Crippen molar-refractivity contribution in [2.75, 3.05) is 26.3 Å². The molecule has 2 saturated heterocycles. The van der Waals surface area contributed by atoms with Crippen LogP contribution < -0.4 is 5.32 Å². The number of alkyl carbamates (subject to hydrolysis) is 1. The lowest BCUT2D eigenvalue weighted by Crippen LogP contribution is -2.51. The molecule has 10 nitrogen and oxygen atoms in total. The Labute approximate surface area is 235 Å². The van der Waals surface area contributed by atoms with Crippen LogP contribution in [0.15, 0.2) is 53.4 Å². The van der Waals surface area contributed by atoms with E-state index in [-0.39, 0.29) is 49.1 Å². The molecule has 0 aromatic heterocycles. The highest BCUT2D eigenvalue weighted by Gasteiger charge is 2.44. The van der Waals surface area contributed by atoms with Gasteiger partial charge in [-0.2, -0.15) is 4.31 Å². The molecule has 2 aromatic rings. The van der Waals surface area contributed by atoms with E-state index in [1.807, 2.05) is 20.8 Å². The number of nitrogens with zero attached hydrogens (tertiary/aromatic N) is 1. The molecule has 2 aliphatic heterocycles. The van der Waals surface area contributed by atoms with Crippen LogP contribution >= 0.6 is 0 Å². The molecule has 0 unspecified atom stereocenters. The lowest BCUT2D eigenvalue weighted by molar-refractivity contribution is -0.0907. The number of aldehydes is 1. The van der Waals surface area contributed by atoms with Gasteiger partial charge in [-0.05, 0) is 43.4 Å². The molecule has 5 atom stereocenters. The van der Waals surface area contributed by atoms with Crippen molar-refractivity contribution in [3.05, 3.63) is 65.2 Å². The Kier molecular flexibility index (Phi) is 9.96. The van der Waals surface area contributed by atoms with Crippen molar-refractivity contribution in [2.45, 2.75) is 63.0 Å². The number of aliphatic hydroxyl groups is 1. The molecule has 2 N–H and O–H groups in total. The predicted molar refractivity (Wildman–Crippen MR) is 147 cm³/mol. The van der Waals surface area contributed by atoms with Gasteiger partial charge in [-0.25, -0.2) is 13.2 Å². The maximum atomic E-state index is 13.6. The van der Waals surface area contributed by atoms with Crippen molar-refractivity contribution in [1.29, 1.82) is 0 Å². The van der Waals surface area contributed by atoms with Crippen LogP contribution in [0.4, 0.5) is 4.79 Å². The summed E-state index contributed by atoms with van der Waals surface area (Å²) in [7, 11) is -3.92. The van der Waals surface area contributed by atoms with E-state index in [0.717, 1.165) is 23.8 Å². The Bertz CT molecular complexity index is 1250. The fourth-order valence-electron chi connectivity index (χ4n) is 5.01. The summed E-state index contributed by atoms with van der Waals surface area (Å²) < 4.78 is 45.1. The second kappa shape index (κ2) is 13.2. The summed E-state index contributed by atoms with van der Waals surface area (Å²) >= 11 is 0. The summed E-state index contributed by atoms with van der Waals surface area (Å²) in [6, 6.07) is 12.4. The maximum absolute atomic E-state index is 13.6. The number of ether oxygens (including phenoxy) is 3. The fourth-order valence-corrected chi connectivity index (χ4v) is 6.63. The first-order valence-corrected chi connectivity index (χ1v) is 15.0. The van der Waals surface area contributed by atoms with Crippen molar-refractivity contribution in [3.63, 3.8) is 0 Å². The number of benzene rings is 2. The highest BCUT2D eigenvalue weighted by molar-refractivity contribution is 7.89. The Morgan fingerprint density at radius 3 is 2.48 bits per heavy atom. The molecule has 2 fully saturated rings. The monoisotopic (exact) mass is 574 g/mol. The summed E-state index contributed by atoms with van der Waals surface area (Å²) in [4.78, 5) is 24.2. The number of nitrogens with one attached hydrogen (secondary N) is 1. The van der Waals surface area contributed by atoms with Gasteiger partial charge in [-0.15, -0.1) is 0 Å². The minimum absolute atomic E-state index is 0.0105. The topological polar surface area (TPSA) is 131 Å². The molecule has 4 rings (SSSR count). The molecule has 2 heterocycles. The summed E-state index contributed by atoms with van der Waals surface area (Å²) in [5.41, 5.74) is 2.18. The fraction of sp³-hybridized carbons (Fsp3) is 0.517. The van der Waals surface area contributed by atoms with Crippen LogP contribution in [-0.2, 0) is 30.7 Å². The van der Waals surface area contributed by atoms with E-state index < -0.39 is 34.4 Å². The highest BCUT2D eigenvalue weighted by atomic mass is 32.2. The number of sulfonamides is 1. The van der Waals surface area contributed by atoms with E-state index in [1.165, 1.54) is 4.31 Å². The van der Waals surface area contributed by atoms with E-state index in [2.05, 4.69) is 5.32 Å². The summed E-state index contributed by atoms with van der Waals surface area (Å²) in [6.45, 7) is 6.37. The standard InChI is InChI=1S/C29H38N2O8S/c1-19(2)15-31(40(35,36)23-10-4-20(3)5-11-23)16-26(33)25(14-21-6-8-22(17-32)9-7-21)30-29(34)39-27-18-38-28-24(27)12-13-37-28/h4-11,17,19,24-28,33H,12-16,18H2,1-3H3,(H,30,34)/t24-,25-,26+,27-,28+/m0/s1. The van der Waals surface area contributed by atoms with E-state index in [9.17, 15) is 23.1 Å². The second-order valence-corrected chi connectivity index (χ2v) is 12.8. The van der Waals surface area contributed by atoms with Crippen molar-refractivity contribution < 1.29 is 37.3 Å². The van der Waals surface area contributed by atoms with Crippen LogP contribution in [0.2, 0.25) is 0 Å². The van der Waals surface area contributed by atoms with Gasteiger partial charge in [0.2, 0.25) is 10.0 Å². The zero-order valence-corrected chi connectivity index (χ0v) is 23.9. The van der Waals surface area contributed by atoms with Gasteiger partial charge in [0.1, 0.15) is 12.4 Å². The van der Waals surface area contributed by atoms with Crippen molar-refractivity contribution in [2.24, 2.45) is 11.8 Å². The van der Waals surface area contributed by atoms with Gasteiger partial charge in [0.05, 0.1) is 36.2 Å². The average molecular weight is 575 g/mol. The van der Waals surface area contributed by atoms with Crippen LogP contribution in [-0.4, -0.2) is 81.1 Å². The third kappa shape index (κ3) is 7.46. The number of fused-ring (bicyclic) bond motifs is 1. The van der Waals surface area contributed by atoms with E-state index in [1.54, 1.807) is 48.5 Å². The Balaban J connectivity index is 1.53. The molecule has 11 heteroatoms. The molecule has 0 aliphatic carbocycles. The quantitative estimate of drug-likeness (QED) is 0.370. The molecular formula is C29H38N2O8S. The summed E-state index contributed by atoms with van der Waals surface area (Å²) in [5.74, 6) is -0.0604. The number of rotatable bonds is 12. The van der Waals surface area contributed by atoms with Crippen LogP contribution in [0.5, 0.6) is 0 Å². The van der Waals surface area contributed by atoms with Gasteiger partial charge >= 0.3 is 6.09 Å². The van der Waals surface area contributed by atoms with Crippen LogP contribution in [0.3, 0.4) is 0 Å². The van der Waals surface area contributed by atoms with Gasteiger partial charge in [0.25, 0.3) is 0 Å². The molecule has 2 aromatic carbocycles. The SMILES string of the molecule is Cc1ccc(S(=O)(=O)N(CC(C)C)C[C@@H](O)[C@H](Cc2ccc(C=O)cc2)NC(=O)O[C@H]2CO[C@H]3OCC[C@H]32)cc1. The minimum Gasteiger partial charge on any atom is -0.443 e. The Morgan fingerprint density at radius 2 is 1.82 bits per heavy atom. The number of amides is 1. The van der Waals surface area contributed by atoms with Crippen LogP contribution in [0.25, 0.3) is 0 Å². The zero-order chi connectivity index (χ0) is 28.9. The number of hydrogen-bond donors (Lipinski definition) is 2. The number of carbonyl (C=O) groups excluding carboxylic acids is 2. The molecule has 218 valence electrons. The number of carbonyl (C=O) groups is 2. The Morgan fingerprint density at radius 1 is 1.12 bits per heavy atom. The van der Waals surface area contributed by atoms with Gasteiger partial charge in [0, 0.05) is 18.7 Å². The van der Waals surface area contributed by atoms with E-state index in [4.69, 9.17) is 14.2 Å². The molecule has 0 spiro atoms. The number of aryl methyl sites for hydroxylation is 1. The van der Waals surface area contributed by atoms with Crippen molar-refractivity contribution in [1.82, 2.24) is 9.62 Å². The molecule has 0 radical (unpaired) electrons. The minimum atomic E-state index is -3.92. The normalized spacial score (nSPS) is 22.2. The molecule has 0 bridgehead atoms. The molecule has 40 heavy (non-hydrogen) atoms. The summed E-state index contributed by atoms with van der Waals surface area (Å²) in [5, 5.41) is 14.2. The first kappa shape index (κ1) is 30.1. The third-order valence-corrected chi connectivity index (χ3v) is 9.05. The van der Waals surface area contributed by atoms with Gasteiger partial charge in [0.15, 0.2) is 6.29 Å². The van der Waals surface area contributed by atoms with E-state index in [0.29, 0.717) is 12.2 Å². The highest BCUT2D eigenvalue weighted by Crippen LogP contribution is 2.33. The van der Waals surface area contributed by atoms with Gasteiger partial charge in [-0.1, -0.05) is 55.8 Å². The first-order chi connectivity index (χ1) is 19.1. The summed E-state index contributed by atoms with van der Waals surface area (Å²) in [6.07, 6.45) is -1.21. The van der Waals surface area contributed by atoms with Crippen LogP contribution in [0, 0.1) is 18.8 Å². The van der Waals surface area contributed by atoms with Gasteiger partial charge < -0.3 is 24.6 Å². The smallest absolute Gasteiger partial charge is 0.407 e.